The second-order valence-electron chi connectivity index (χ2n) is 5.45. The van der Waals surface area contributed by atoms with E-state index >= 15 is 0 Å². The molecule has 0 spiro atoms. The van der Waals surface area contributed by atoms with Gasteiger partial charge in [0, 0.05) is 7.11 Å². The van der Waals surface area contributed by atoms with E-state index in [1.54, 1.807) is 10.9 Å². The van der Waals surface area contributed by atoms with Crippen molar-refractivity contribution in [3.8, 4) is 0 Å². The Morgan fingerprint density at radius 1 is 1.33 bits per heavy atom. The molecule has 134 valence electrons. The van der Waals surface area contributed by atoms with Crippen LogP contribution in [0, 0.1) is 0 Å². The summed E-state index contributed by atoms with van der Waals surface area (Å²) in [4.78, 5) is 21.7. The molecular weight excluding hydrogens is 337 g/mol. The van der Waals surface area contributed by atoms with Crippen LogP contribution < -0.4 is 5.73 Å². The predicted molar refractivity (Wildman–Crippen MR) is 87.4 cm³/mol. The first-order valence-corrected chi connectivity index (χ1v) is 9.10. The second kappa shape index (κ2) is 8.00. The van der Waals surface area contributed by atoms with Gasteiger partial charge in [-0.25, -0.2) is 15.0 Å². The van der Waals surface area contributed by atoms with E-state index in [0.29, 0.717) is 17.7 Å². The van der Waals surface area contributed by atoms with Crippen molar-refractivity contribution in [1.82, 2.24) is 19.5 Å². The fourth-order valence-corrected chi connectivity index (χ4v) is 2.46. The Kier molecular flexibility index (Phi) is 6.25. The summed E-state index contributed by atoms with van der Waals surface area (Å²) >= 11 is 0. The second-order valence-corrected chi connectivity index (χ2v) is 7.35. The fraction of sp³-hybridized carbons (Fsp3) is 0.615. The zero-order valence-corrected chi connectivity index (χ0v) is 14.7. The summed E-state index contributed by atoms with van der Waals surface area (Å²) in [5, 5.41) is 0. The van der Waals surface area contributed by atoms with E-state index in [-0.39, 0.29) is 18.5 Å². The lowest BCUT2D eigenvalue weighted by molar-refractivity contribution is -0.0315. The number of hydrogen-bond donors (Lipinski definition) is 2. The first kappa shape index (κ1) is 18.8. The third kappa shape index (κ3) is 4.96. The quantitative estimate of drug-likeness (QED) is 0.629. The number of rotatable bonds is 9. The number of anilines is 1. The van der Waals surface area contributed by atoms with Crippen LogP contribution in [0.15, 0.2) is 12.7 Å². The van der Waals surface area contributed by atoms with Crippen LogP contribution in [0.3, 0.4) is 0 Å². The molecule has 3 N–H and O–H groups in total. The molecule has 10 nitrogen and oxygen atoms in total. The molecule has 2 rings (SSSR count). The van der Waals surface area contributed by atoms with Gasteiger partial charge in [0.15, 0.2) is 11.5 Å². The summed E-state index contributed by atoms with van der Waals surface area (Å²) in [5.74, 6) is 0.286. The molecule has 2 aromatic heterocycles. The van der Waals surface area contributed by atoms with Crippen LogP contribution in [0.1, 0.15) is 13.8 Å². The van der Waals surface area contributed by atoms with Gasteiger partial charge in [0.2, 0.25) is 0 Å². The van der Waals surface area contributed by atoms with Gasteiger partial charge in [-0.2, -0.15) is 0 Å². The largest absolute Gasteiger partial charge is 0.382 e. The molecule has 0 radical (unpaired) electrons. The Morgan fingerprint density at radius 3 is 2.75 bits per heavy atom. The molecule has 1 unspecified atom stereocenters. The fourth-order valence-electron chi connectivity index (χ4n) is 1.96. The molecule has 24 heavy (non-hydrogen) atoms. The normalized spacial score (nSPS) is 15.7. The molecule has 0 saturated carbocycles. The number of nitrogens with zero attached hydrogens (tertiary/aromatic N) is 4. The topological polar surface area (TPSA) is 135 Å². The molecule has 0 aliphatic heterocycles. The van der Waals surface area contributed by atoms with Crippen molar-refractivity contribution < 1.29 is 23.5 Å². The third-order valence-corrected chi connectivity index (χ3v) is 4.25. The first-order chi connectivity index (χ1) is 11.3. The monoisotopic (exact) mass is 359 g/mol. The van der Waals surface area contributed by atoms with Crippen molar-refractivity contribution in [1.29, 1.82) is 0 Å². The van der Waals surface area contributed by atoms with Gasteiger partial charge >= 0.3 is 7.60 Å². The molecule has 2 aromatic rings. The Labute approximate surface area is 139 Å². The van der Waals surface area contributed by atoms with Crippen molar-refractivity contribution in [2.45, 2.75) is 32.6 Å². The van der Waals surface area contributed by atoms with Gasteiger partial charge in [0.05, 0.1) is 31.7 Å². The minimum atomic E-state index is -3.77. The van der Waals surface area contributed by atoms with Crippen LogP contribution >= 0.6 is 7.60 Å². The summed E-state index contributed by atoms with van der Waals surface area (Å²) in [6.45, 7) is 4.35. The molecule has 0 aliphatic carbocycles. The van der Waals surface area contributed by atoms with Crippen LogP contribution in [-0.4, -0.2) is 56.7 Å². The Hall–Kier alpha value is -1.58. The third-order valence-electron chi connectivity index (χ3n) is 3.20. The highest BCUT2D eigenvalue weighted by Gasteiger charge is 2.22. The molecule has 0 bridgehead atoms. The van der Waals surface area contributed by atoms with E-state index in [9.17, 15) is 9.46 Å². The minimum absolute atomic E-state index is 0.00282. The molecule has 2 heterocycles. The molecule has 0 saturated heterocycles. The lowest BCUT2D eigenvalue weighted by atomic mass is 10.3. The van der Waals surface area contributed by atoms with Crippen LogP contribution in [0.25, 0.3) is 11.2 Å². The van der Waals surface area contributed by atoms with E-state index in [4.69, 9.17) is 15.2 Å². The average molecular weight is 359 g/mol. The zero-order chi connectivity index (χ0) is 17.7. The van der Waals surface area contributed by atoms with E-state index in [1.807, 2.05) is 13.8 Å². The number of nitrogen functional groups attached to an aromatic ring is 1. The van der Waals surface area contributed by atoms with Crippen LogP contribution in [0.5, 0.6) is 0 Å². The molecule has 0 fully saturated rings. The zero-order valence-electron chi connectivity index (χ0n) is 13.8. The van der Waals surface area contributed by atoms with Crippen molar-refractivity contribution in [2.24, 2.45) is 0 Å². The number of ether oxygens (including phenoxy) is 2. The maximum absolute atomic E-state index is 11.6. The van der Waals surface area contributed by atoms with E-state index in [1.165, 1.54) is 6.33 Å². The summed E-state index contributed by atoms with van der Waals surface area (Å²) in [7, 11) is -2.61. The highest BCUT2D eigenvalue weighted by Crippen LogP contribution is 2.40. The number of fused-ring (bicyclic) bond motifs is 1. The maximum Gasteiger partial charge on any atom is 0.353 e. The summed E-state index contributed by atoms with van der Waals surface area (Å²) in [5.41, 5.74) is 6.81. The molecule has 0 aliphatic rings. The summed E-state index contributed by atoms with van der Waals surface area (Å²) in [6.07, 6.45) is 1.99. The van der Waals surface area contributed by atoms with Gasteiger partial charge in [-0.15, -0.1) is 0 Å². The number of hydrogen-bond acceptors (Lipinski definition) is 8. The summed E-state index contributed by atoms with van der Waals surface area (Å²) in [6, 6.07) is 0. The van der Waals surface area contributed by atoms with Crippen LogP contribution in [0.2, 0.25) is 0 Å². The van der Waals surface area contributed by atoms with E-state index < -0.39 is 20.0 Å². The Bertz CT molecular complexity index is 722. The Morgan fingerprint density at radius 2 is 2.08 bits per heavy atom. The van der Waals surface area contributed by atoms with Gasteiger partial charge in [-0.1, -0.05) is 0 Å². The molecule has 2 atom stereocenters. The van der Waals surface area contributed by atoms with E-state index in [0.717, 1.165) is 7.11 Å². The highest BCUT2D eigenvalue weighted by atomic mass is 31.2. The first-order valence-electron chi connectivity index (χ1n) is 7.34. The summed E-state index contributed by atoms with van der Waals surface area (Å²) < 4.78 is 28.9. The van der Waals surface area contributed by atoms with Gasteiger partial charge in [0.25, 0.3) is 0 Å². The van der Waals surface area contributed by atoms with Crippen LogP contribution in [0.4, 0.5) is 5.82 Å². The standard InChI is InChI=1S/C13H22N5O5P/c1-9(2)22-5-10(23-8-24(19,20)21-3)4-18-7-17-11-12(14)15-6-16-13(11)18/h6-7,9-10H,4-5,8H2,1-3H3,(H,19,20)(H2,14,15,16)/t10-/m1/s1. The van der Waals surface area contributed by atoms with Gasteiger partial charge < -0.3 is 29.2 Å². The smallest absolute Gasteiger partial charge is 0.353 e. The SMILES string of the molecule is COP(=O)(O)CO[C@@H](COC(C)C)Cn1cnc2c(N)ncnc21. The number of nitrogens with two attached hydrogens (primary N) is 1. The molecule has 0 aromatic carbocycles. The average Bonchev–Trinajstić information content (AvgIpc) is 2.94. The molecule has 11 heteroatoms. The van der Waals surface area contributed by atoms with E-state index in [2.05, 4.69) is 19.5 Å². The molecule has 0 amide bonds. The van der Waals surface area contributed by atoms with Crippen LogP contribution in [-0.2, 0) is 25.1 Å². The van der Waals surface area contributed by atoms with Crippen molar-refractivity contribution >= 4 is 24.6 Å². The number of aromatic nitrogens is 4. The predicted octanol–water partition coefficient (Wildman–Crippen LogP) is 1.01. The van der Waals surface area contributed by atoms with Crippen molar-refractivity contribution in [3.05, 3.63) is 12.7 Å². The van der Waals surface area contributed by atoms with Crippen molar-refractivity contribution in [3.63, 3.8) is 0 Å². The highest BCUT2D eigenvalue weighted by molar-refractivity contribution is 7.52. The Balaban J connectivity index is 2.13. The van der Waals surface area contributed by atoms with Gasteiger partial charge in [-0.05, 0) is 13.8 Å². The minimum Gasteiger partial charge on any atom is -0.382 e. The number of imidazole rings is 1. The lowest BCUT2D eigenvalue weighted by Crippen LogP contribution is -2.27. The van der Waals surface area contributed by atoms with Gasteiger partial charge in [0.1, 0.15) is 18.2 Å². The van der Waals surface area contributed by atoms with Crippen molar-refractivity contribution in [2.75, 3.05) is 25.8 Å². The lowest BCUT2D eigenvalue weighted by Gasteiger charge is -2.21. The maximum atomic E-state index is 11.6. The van der Waals surface area contributed by atoms with Gasteiger partial charge in [-0.3, -0.25) is 4.57 Å². The molecular formula is C13H22N5O5P.